The predicted molar refractivity (Wildman–Crippen MR) is 133 cm³/mol. The lowest BCUT2D eigenvalue weighted by Crippen LogP contribution is -2.45. The number of aromatic nitrogens is 1. The first kappa shape index (κ1) is 20.9. The van der Waals surface area contributed by atoms with Gasteiger partial charge in [0.2, 0.25) is 0 Å². The van der Waals surface area contributed by atoms with Crippen LogP contribution in [0.4, 0.5) is 11.4 Å². The highest BCUT2D eigenvalue weighted by Gasteiger charge is 2.35. The highest BCUT2D eigenvalue weighted by Crippen LogP contribution is 2.48. The molecule has 1 saturated heterocycles. The number of amides is 1. The molecule has 0 radical (unpaired) electrons. The molecule has 8 heteroatoms. The van der Waals surface area contributed by atoms with Crippen LogP contribution in [0.1, 0.15) is 47.9 Å². The quantitative estimate of drug-likeness (QED) is 0.589. The van der Waals surface area contributed by atoms with E-state index in [9.17, 15) is 4.79 Å². The Bertz CT molecular complexity index is 1210. The Hall–Kier alpha value is -2.71. The first-order valence-electron chi connectivity index (χ1n) is 11.9. The molecule has 0 spiro atoms. The number of ether oxygens (including phenoxy) is 1. The van der Waals surface area contributed by atoms with E-state index in [2.05, 4.69) is 39.3 Å². The molecule has 1 amide bonds. The fourth-order valence-electron chi connectivity index (χ4n) is 5.35. The van der Waals surface area contributed by atoms with Gasteiger partial charge >= 0.3 is 0 Å². The maximum Gasteiger partial charge on any atom is 0.254 e. The first-order valence-corrected chi connectivity index (χ1v) is 12.7. The van der Waals surface area contributed by atoms with Crippen molar-refractivity contribution < 1.29 is 9.53 Å². The topological polar surface area (TPSA) is 75.8 Å². The predicted octanol–water partition coefficient (Wildman–Crippen LogP) is 4.25. The van der Waals surface area contributed by atoms with Crippen LogP contribution >= 0.6 is 11.3 Å². The van der Waals surface area contributed by atoms with Crippen LogP contribution in [-0.4, -0.2) is 48.7 Å². The molecule has 33 heavy (non-hydrogen) atoms. The van der Waals surface area contributed by atoms with Crippen molar-refractivity contribution in [3.8, 4) is 5.75 Å². The number of piperidine rings is 1. The number of methoxy groups -OCH3 is 1. The van der Waals surface area contributed by atoms with Crippen molar-refractivity contribution in [3.05, 3.63) is 40.9 Å². The summed E-state index contributed by atoms with van der Waals surface area (Å²) in [5, 5.41) is 7.17. The number of hydrogen-bond donors (Lipinski definition) is 2. The number of nitrogens with zero attached hydrogens (tertiary/aromatic N) is 3. The summed E-state index contributed by atoms with van der Waals surface area (Å²) in [7, 11) is 3.77. The molecule has 2 atom stereocenters. The van der Waals surface area contributed by atoms with Crippen LogP contribution < -0.4 is 20.7 Å². The van der Waals surface area contributed by atoms with Gasteiger partial charge in [0.05, 0.1) is 18.5 Å². The monoisotopic (exact) mass is 465 g/mol. The van der Waals surface area contributed by atoms with E-state index >= 15 is 0 Å². The van der Waals surface area contributed by atoms with Crippen molar-refractivity contribution in [3.63, 3.8) is 0 Å². The van der Waals surface area contributed by atoms with Crippen molar-refractivity contribution in [1.29, 1.82) is 0 Å². The van der Waals surface area contributed by atoms with Gasteiger partial charge in [-0.05, 0) is 61.2 Å². The Morgan fingerprint density at radius 1 is 1.27 bits per heavy atom. The third-order valence-electron chi connectivity index (χ3n) is 7.27. The second-order valence-corrected chi connectivity index (χ2v) is 10.6. The van der Waals surface area contributed by atoms with E-state index < -0.39 is 0 Å². The minimum atomic E-state index is -0.0130. The van der Waals surface area contributed by atoms with Gasteiger partial charge in [0.1, 0.15) is 22.4 Å². The third kappa shape index (κ3) is 3.56. The molecule has 6 rings (SSSR count). The van der Waals surface area contributed by atoms with Crippen LogP contribution in [-0.2, 0) is 6.54 Å². The fourth-order valence-corrected chi connectivity index (χ4v) is 6.27. The standard InChI is InChI=1S/C25H31N5O2S/c1-28-22-19(10-17(12-21(22)32-2)24(31)29-8-3-4-18(26)14-29)27-23(28)20-11-16-7-9-33-25(16)30(20)13-15-5-6-15/h7,9-12,15,18,23,27H,3-6,8,13-14,26H2,1-2H3. The molecule has 1 saturated carbocycles. The molecule has 2 fully saturated rings. The molecule has 0 bridgehead atoms. The number of nitrogens with one attached hydrogen (secondary N) is 1. The first-order chi connectivity index (χ1) is 16.0. The van der Waals surface area contributed by atoms with E-state index in [4.69, 9.17) is 10.5 Å². The molecule has 7 nitrogen and oxygen atoms in total. The summed E-state index contributed by atoms with van der Waals surface area (Å²) in [6.45, 7) is 2.44. The number of benzene rings is 1. The number of rotatable bonds is 5. The summed E-state index contributed by atoms with van der Waals surface area (Å²) < 4.78 is 8.27. The van der Waals surface area contributed by atoms with Crippen molar-refractivity contribution in [2.75, 3.05) is 37.5 Å². The molecular weight excluding hydrogens is 434 g/mol. The van der Waals surface area contributed by atoms with Crippen molar-refractivity contribution in [2.24, 2.45) is 11.7 Å². The second-order valence-electron chi connectivity index (χ2n) is 9.69. The number of fused-ring (bicyclic) bond motifs is 2. The number of hydrogen-bond acceptors (Lipinski definition) is 6. The molecule has 3 aliphatic rings. The molecule has 1 aromatic carbocycles. The zero-order valence-electron chi connectivity index (χ0n) is 19.2. The van der Waals surface area contributed by atoms with Crippen LogP contribution in [0.25, 0.3) is 10.2 Å². The zero-order chi connectivity index (χ0) is 22.7. The van der Waals surface area contributed by atoms with Gasteiger partial charge in [0.25, 0.3) is 5.91 Å². The van der Waals surface area contributed by atoms with Crippen LogP contribution in [0.5, 0.6) is 5.75 Å². The van der Waals surface area contributed by atoms with Gasteiger partial charge in [0, 0.05) is 43.7 Å². The number of thiophene rings is 1. The van der Waals surface area contributed by atoms with E-state index in [0.29, 0.717) is 12.1 Å². The maximum absolute atomic E-state index is 13.3. The lowest BCUT2D eigenvalue weighted by atomic mass is 10.0. The summed E-state index contributed by atoms with van der Waals surface area (Å²) in [5.41, 5.74) is 9.97. The van der Waals surface area contributed by atoms with Crippen LogP contribution in [0.15, 0.2) is 29.6 Å². The second kappa shape index (κ2) is 7.95. The van der Waals surface area contributed by atoms with E-state index in [0.717, 1.165) is 49.0 Å². The van der Waals surface area contributed by atoms with Gasteiger partial charge in [-0.3, -0.25) is 4.79 Å². The van der Waals surface area contributed by atoms with Gasteiger partial charge < -0.3 is 30.2 Å². The van der Waals surface area contributed by atoms with Gasteiger partial charge in [-0.25, -0.2) is 0 Å². The molecule has 2 aliphatic heterocycles. The lowest BCUT2D eigenvalue weighted by Gasteiger charge is -2.31. The summed E-state index contributed by atoms with van der Waals surface area (Å²) >= 11 is 1.81. The highest BCUT2D eigenvalue weighted by molar-refractivity contribution is 7.16. The van der Waals surface area contributed by atoms with E-state index in [-0.39, 0.29) is 18.1 Å². The molecule has 4 heterocycles. The van der Waals surface area contributed by atoms with E-state index in [1.54, 1.807) is 7.11 Å². The van der Waals surface area contributed by atoms with Crippen LogP contribution in [0.3, 0.4) is 0 Å². The Balaban J connectivity index is 1.35. The van der Waals surface area contributed by atoms with Crippen LogP contribution in [0.2, 0.25) is 0 Å². The normalized spacial score (nSPS) is 22.5. The van der Waals surface area contributed by atoms with Crippen molar-refractivity contribution >= 4 is 38.8 Å². The van der Waals surface area contributed by atoms with Gasteiger partial charge in [-0.15, -0.1) is 11.3 Å². The lowest BCUT2D eigenvalue weighted by molar-refractivity contribution is 0.0708. The average Bonchev–Trinajstić information content (AvgIpc) is 3.26. The Morgan fingerprint density at radius 3 is 2.88 bits per heavy atom. The zero-order valence-corrected chi connectivity index (χ0v) is 20.0. The number of carbonyl (C=O) groups is 1. The van der Waals surface area contributed by atoms with Gasteiger partial charge in [-0.2, -0.15) is 0 Å². The average molecular weight is 466 g/mol. The molecular formula is C25H31N5O2S. The molecule has 3 aromatic rings. The summed E-state index contributed by atoms with van der Waals surface area (Å²) in [4.78, 5) is 18.7. The summed E-state index contributed by atoms with van der Waals surface area (Å²) in [5.74, 6) is 1.53. The number of likely N-dealkylation sites (tertiary alicyclic amines) is 1. The Labute approximate surface area is 198 Å². The summed E-state index contributed by atoms with van der Waals surface area (Å²) in [6.07, 6.45) is 4.55. The molecule has 3 N–H and O–H groups in total. The minimum Gasteiger partial charge on any atom is -0.494 e. The molecule has 2 unspecified atom stereocenters. The summed E-state index contributed by atoms with van der Waals surface area (Å²) in [6, 6.07) is 8.43. The van der Waals surface area contributed by atoms with E-state index in [1.807, 2.05) is 28.4 Å². The number of carbonyl (C=O) groups excluding carboxylic acids is 1. The van der Waals surface area contributed by atoms with Gasteiger partial charge in [-0.1, -0.05) is 0 Å². The minimum absolute atomic E-state index is 0.0130. The molecule has 174 valence electrons. The van der Waals surface area contributed by atoms with Crippen LogP contribution in [0, 0.1) is 5.92 Å². The number of anilines is 2. The highest BCUT2D eigenvalue weighted by atomic mass is 32.1. The third-order valence-corrected chi connectivity index (χ3v) is 8.22. The smallest absolute Gasteiger partial charge is 0.254 e. The van der Waals surface area contributed by atoms with Gasteiger partial charge in [0.15, 0.2) is 0 Å². The molecule has 1 aliphatic carbocycles. The SMILES string of the molecule is COc1cc(C(=O)N2CCCC(N)C2)cc2c1N(C)C(c1cc3ccsc3n1CC1CC1)N2. The Morgan fingerprint density at radius 2 is 2.12 bits per heavy atom. The fraction of sp³-hybridized carbons (Fsp3) is 0.480. The van der Waals surface area contributed by atoms with E-state index in [1.165, 1.54) is 28.8 Å². The number of nitrogens with two attached hydrogens (primary N) is 1. The van der Waals surface area contributed by atoms with Crippen molar-refractivity contribution in [2.45, 2.75) is 44.4 Å². The van der Waals surface area contributed by atoms with Crippen molar-refractivity contribution in [1.82, 2.24) is 9.47 Å². The Kier molecular flexibility index (Phi) is 5.03. The maximum atomic E-state index is 13.3. The largest absolute Gasteiger partial charge is 0.494 e. The molecule has 2 aromatic heterocycles.